The van der Waals surface area contributed by atoms with Gasteiger partial charge in [0.25, 0.3) is 5.56 Å². The van der Waals surface area contributed by atoms with E-state index in [2.05, 4.69) is 15.6 Å². The second-order valence-electron chi connectivity index (χ2n) is 6.18. The van der Waals surface area contributed by atoms with Crippen LogP contribution in [0.3, 0.4) is 0 Å². The van der Waals surface area contributed by atoms with Crippen LogP contribution in [0.4, 0.5) is 10.5 Å². The van der Waals surface area contributed by atoms with Gasteiger partial charge in [-0.2, -0.15) is 0 Å². The molecule has 1 atom stereocenters. The van der Waals surface area contributed by atoms with Crippen LogP contribution in [0.5, 0.6) is 0 Å². The maximum Gasteiger partial charge on any atom is 0.319 e. The third-order valence-corrected chi connectivity index (χ3v) is 4.35. The number of fused-ring (bicyclic) bond motifs is 1. The number of carbonyl (C=O) groups excluding carboxylic acids is 1. The number of anilines is 1. The number of aryl methyl sites for hydroxylation is 1. The van der Waals surface area contributed by atoms with Crippen LogP contribution in [0.1, 0.15) is 24.4 Å². The molecule has 26 heavy (non-hydrogen) atoms. The Labute approximate surface area is 155 Å². The van der Waals surface area contributed by atoms with Gasteiger partial charge in [0.2, 0.25) is 0 Å². The van der Waals surface area contributed by atoms with E-state index in [4.69, 9.17) is 11.6 Å². The molecule has 0 unspecified atom stereocenters. The fraction of sp³-hybridized carbons (Fsp3) is 0.211. The molecule has 0 aliphatic rings. The van der Waals surface area contributed by atoms with E-state index in [1.165, 1.54) is 4.57 Å². The standard InChI is InChI=1S/C19H19ClN4O2/c1-11-4-7-14(8-5-11)22-19(26)21-12(2)17-23-16-10-13(20)6-9-15(16)18(25)24(17)3/h4-10,12H,1-3H3,(H2,21,22,26)/t12-/m1/s1. The number of rotatable bonds is 3. The fourth-order valence-electron chi connectivity index (χ4n) is 2.71. The van der Waals surface area contributed by atoms with E-state index in [0.717, 1.165) is 5.56 Å². The molecule has 0 aliphatic heterocycles. The molecule has 2 aromatic carbocycles. The van der Waals surface area contributed by atoms with Crippen molar-refractivity contribution in [2.75, 3.05) is 5.32 Å². The van der Waals surface area contributed by atoms with Crippen LogP contribution in [0.2, 0.25) is 5.02 Å². The molecule has 1 aromatic heterocycles. The molecule has 0 bridgehead atoms. The van der Waals surface area contributed by atoms with Gasteiger partial charge in [0.1, 0.15) is 5.82 Å². The average molecular weight is 371 g/mol. The Bertz CT molecular complexity index is 1030. The fourth-order valence-corrected chi connectivity index (χ4v) is 2.88. The number of halogens is 1. The second-order valence-corrected chi connectivity index (χ2v) is 6.62. The summed E-state index contributed by atoms with van der Waals surface area (Å²) < 4.78 is 1.44. The summed E-state index contributed by atoms with van der Waals surface area (Å²) in [6.07, 6.45) is 0. The molecule has 0 radical (unpaired) electrons. The Morgan fingerprint density at radius 2 is 1.88 bits per heavy atom. The monoisotopic (exact) mass is 370 g/mol. The first kappa shape index (κ1) is 17.9. The maximum absolute atomic E-state index is 12.5. The zero-order valence-corrected chi connectivity index (χ0v) is 15.5. The van der Waals surface area contributed by atoms with Gasteiger partial charge in [0, 0.05) is 17.8 Å². The average Bonchev–Trinajstić information content (AvgIpc) is 2.59. The van der Waals surface area contributed by atoms with Crippen molar-refractivity contribution in [3.63, 3.8) is 0 Å². The summed E-state index contributed by atoms with van der Waals surface area (Å²) >= 11 is 6.00. The number of nitrogens with one attached hydrogen (secondary N) is 2. The van der Waals surface area contributed by atoms with Gasteiger partial charge in [0.05, 0.1) is 16.9 Å². The molecular weight excluding hydrogens is 352 g/mol. The Kier molecular flexibility index (Phi) is 4.95. The van der Waals surface area contributed by atoms with Crippen molar-refractivity contribution in [1.82, 2.24) is 14.9 Å². The van der Waals surface area contributed by atoms with E-state index in [9.17, 15) is 9.59 Å². The lowest BCUT2D eigenvalue weighted by molar-refractivity contribution is 0.248. The van der Waals surface area contributed by atoms with Crippen molar-refractivity contribution in [2.45, 2.75) is 19.9 Å². The normalized spacial score (nSPS) is 12.0. The number of hydrogen-bond donors (Lipinski definition) is 2. The molecule has 0 aliphatic carbocycles. The minimum absolute atomic E-state index is 0.186. The number of urea groups is 1. The van der Waals surface area contributed by atoms with Gasteiger partial charge in [0.15, 0.2) is 0 Å². The zero-order chi connectivity index (χ0) is 18.8. The molecule has 7 heteroatoms. The van der Waals surface area contributed by atoms with Crippen molar-refractivity contribution in [3.05, 3.63) is 69.2 Å². The van der Waals surface area contributed by atoms with Crippen molar-refractivity contribution in [2.24, 2.45) is 7.05 Å². The largest absolute Gasteiger partial charge is 0.328 e. The molecule has 0 spiro atoms. The molecule has 0 saturated heterocycles. The van der Waals surface area contributed by atoms with Crippen LogP contribution < -0.4 is 16.2 Å². The van der Waals surface area contributed by atoms with E-state index in [1.807, 2.05) is 31.2 Å². The lowest BCUT2D eigenvalue weighted by atomic mass is 10.2. The minimum atomic E-state index is -0.471. The molecule has 1 heterocycles. The first-order valence-corrected chi connectivity index (χ1v) is 8.53. The highest BCUT2D eigenvalue weighted by molar-refractivity contribution is 6.31. The Hall–Kier alpha value is -2.86. The number of benzene rings is 2. The Morgan fingerprint density at radius 3 is 2.58 bits per heavy atom. The summed E-state index contributed by atoms with van der Waals surface area (Å²) in [5.74, 6) is 0.448. The van der Waals surface area contributed by atoms with Crippen LogP contribution in [-0.4, -0.2) is 15.6 Å². The van der Waals surface area contributed by atoms with E-state index < -0.39 is 6.04 Å². The number of hydrogen-bond acceptors (Lipinski definition) is 3. The van der Waals surface area contributed by atoms with E-state index in [-0.39, 0.29) is 11.6 Å². The number of carbonyl (C=O) groups is 1. The van der Waals surface area contributed by atoms with Crippen LogP contribution in [0.25, 0.3) is 10.9 Å². The molecule has 2 amide bonds. The summed E-state index contributed by atoms with van der Waals surface area (Å²) in [5.41, 5.74) is 2.11. The molecule has 0 fully saturated rings. The second kappa shape index (κ2) is 7.17. The highest BCUT2D eigenvalue weighted by atomic mass is 35.5. The van der Waals surface area contributed by atoms with E-state index in [1.54, 1.807) is 32.2 Å². The predicted molar refractivity (Wildman–Crippen MR) is 104 cm³/mol. The maximum atomic E-state index is 12.5. The number of aromatic nitrogens is 2. The van der Waals surface area contributed by atoms with Gasteiger partial charge in [-0.1, -0.05) is 29.3 Å². The van der Waals surface area contributed by atoms with Crippen LogP contribution in [0, 0.1) is 6.92 Å². The first-order chi connectivity index (χ1) is 12.3. The molecule has 3 aromatic rings. The van der Waals surface area contributed by atoms with Gasteiger partial charge >= 0.3 is 6.03 Å². The summed E-state index contributed by atoms with van der Waals surface area (Å²) in [6, 6.07) is 11.6. The number of nitrogens with zero attached hydrogens (tertiary/aromatic N) is 2. The van der Waals surface area contributed by atoms with Crippen LogP contribution in [-0.2, 0) is 7.05 Å². The van der Waals surface area contributed by atoms with E-state index >= 15 is 0 Å². The van der Waals surface area contributed by atoms with Gasteiger partial charge < -0.3 is 10.6 Å². The summed E-state index contributed by atoms with van der Waals surface area (Å²) in [7, 11) is 1.63. The number of amides is 2. The van der Waals surface area contributed by atoms with Gasteiger partial charge in [-0.3, -0.25) is 9.36 Å². The summed E-state index contributed by atoms with van der Waals surface area (Å²) in [5, 5.41) is 6.55. The van der Waals surface area contributed by atoms with Crippen molar-refractivity contribution in [1.29, 1.82) is 0 Å². The van der Waals surface area contributed by atoms with E-state index in [0.29, 0.717) is 27.4 Å². The van der Waals surface area contributed by atoms with Crippen LogP contribution >= 0.6 is 11.6 Å². The molecule has 2 N–H and O–H groups in total. The first-order valence-electron chi connectivity index (χ1n) is 8.15. The topological polar surface area (TPSA) is 76.0 Å². The SMILES string of the molecule is Cc1ccc(NC(=O)N[C@H](C)c2nc3cc(Cl)ccc3c(=O)n2C)cc1. The molecule has 3 rings (SSSR count). The highest BCUT2D eigenvalue weighted by Crippen LogP contribution is 2.17. The quantitative estimate of drug-likeness (QED) is 0.736. The third kappa shape index (κ3) is 3.70. The lowest BCUT2D eigenvalue weighted by Gasteiger charge is -2.17. The van der Waals surface area contributed by atoms with Gasteiger partial charge in [-0.25, -0.2) is 9.78 Å². The molecule has 134 valence electrons. The van der Waals surface area contributed by atoms with Gasteiger partial charge in [-0.05, 0) is 44.2 Å². The lowest BCUT2D eigenvalue weighted by Crippen LogP contribution is -2.35. The molecular formula is C19H19ClN4O2. The highest BCUT2D eigenvalue weighted by Gasteiger charge is 2.16. The molecule has 0 saturated carbocycles. The van der Waals surface area contributed by atoms with Crippen molar-refractivity contribution < 1.29 is 4.79 Å². The smallest absolute Gasteiger partial charge is 0.319 e. The van der Waals surface area contributed by atoms with Crippen molar-refractivity contribution >= 4 is 34.2 Å². The van der Waals surface area contributed by atoms with Crippen LogP contribution in [0.15, 0.2) is 47.3 Å². The van der Waals surface area contributed by atoms with Crippen molar-refractivity contribution in [3.8, 4) is 0 Å². The Morgan fingerprint density at radius 1 is 1.19 bits per heavy atom. The van der Waals surface area contributed by atoms with Gasteiger partial charge in [-0.15, -0.1) is 0 Å². The Balaban J connectivity index is 1.84. The molecule has 6 nitrogen and oxygen atoms in total. The summed E-state index contributed by atoms with van der Waals surface area (Å²) in [6.45, 7) is 3.75. The summed E-state index contributed by atoms with van der Waals surface area (Å²) in [4.78, 5) is 29.3. The third-order valence-electron chi connectivity index (χ3n) is 4.12. The minimum Gasteiger partial charge on any atom is -0.328 e. The predicted octanol–water partition coefficient (Wildman–Crippen LogP) is 3.78. The zero-order valence-electron chi connectivity index (χ0n) is 14.7.